The van der Waals surface area contributed by atoms with E-state index in [1.165, 1.54) is 49.6 Å². The van der Waals surface area contributed by atoms with Gasteiger partial charge in [-0.3, -0.25) is 9.11 Å². The van der Waals surface area contributed by atoms with Gasteiger partial charge in [0.2, 0.25) is 19.7 Å². The van der Waals surface area contributed by atoms with E-state index in [0.29, 0.717) is 46.9 Å². The minimum absolute atomic E-state index is 0.0635. The molecule has 356 valence electrons. The Balaban J connectivity index is 0.00000145. The van der Waals surface area contributed by atoms with E-state index in [4.69, 9.17) is 28.8 Å². The van der Waals surface area contributed by atoms with Gasteiger partial charge in [-0.15, -0.1) is 4.33 Å². The molecule has 22 heteroatoms. The molecule has 0 amide bonds. The summed E-state index contributed by atoms with van der Waals surface area (Å²) in [6.45, 7) is 1.83. The van der Waals surface area contributed by atoms with Crippen LogP contribution in [0.15, 0.2) is 187 Å². The first kappa shape index (κ1) is 51.1. The molecule has 0 atom stereocenters. The number of methoxy groups -OCH3 is 1. The Morgan fingerprint density at radius 2 is 0.941 bits per heavy atom. The van der Waals surface area contributed by atoms with Gasteiger partial charge < -0.3 is 18.9 Å². The molecular weight excluding hydrogens is 985 g/mol. The average Bonchev–Trinajstić information content (AvgIpc) is 3.30. The minimum Gasteiger partial charge on any atom is -0.497 e. The molecule has 0 unspecified atom stereocenters. The largest absolute Gasteiger partial charge is 0.497 e. The zero-order chi connectivity index (χ0) is 49.3. The Kier molecular flexibility index (Phi) is 16.3. The molecule has 0 aliphatic heterocycles. The molecule has 7 aromatic carbocycles. The molecule has 0 heterocycles. The van der Waals surface area contributed by atoms with Crippen LogP contribution in [0.5, 0.6) is 34.5 Å². The fraction of sp³-hybridized carbons (Fsp3) is 0.0870. The Bertz CT molecular complexity index is 3300. The highest BCUT2D eigenvalue weighted by atomic mass is 32.2. The zero-order valence-corrected chi connectivity index (χ0v) is 39.9. The summed E-state index contributed by atoms with van der Waals surface area (Å²) in [5, 5.41) is 12.6. The number of benzene rings is 7. The second-order valence-corrected chi connectivity index (χ2v) is 21.8. The van der Waals surface area contributed by atoms with Gasteiger partial charge in [-0.25, -0.2) is 22.1 Å². The van der Waals surface area contributed by atoms with Gasteiger partial charge in [-0.05, 0) is 133 Å². The van der Waals surface area contributed by atoms with Crippen LogP contribution in [0, 0.1) is 6.92 Å². The highest BCUT2D eigenvalue weighted by Gasteiger charge is 2.26. The average molecular weight is 1030 g/mol. The van der Waals surface area contributed by atoms with Gasteiger partial charge in [0.1, 0.15) is 46.0 Å². The van der Waals surface area contributed by atoms with E-state index < -0.39 is 49.7 Å². The Hall–Kier alpha value is -6.31. The van der Waals surface area contributed by atoms with E-state index in [0.717, 1.165) is 34.9 Å². The lowest BCUT2D eigenvalue weighted by Gasteiger charge is -2.14. The Morgan fingerprint density at radius 1 is 0.515 bits per heavy atom. The predicted octanol–water partition coefficient (Wildman–Crippen LogP) is 9.68. The van der Waals surface area contributed by atoms with Gasteiger partial charge in [0.25, 0.3) is 20.2 Å². The molecule has 0 aromatic heterocycles. The van der Waals surface area contributed by atoms with Crippen LogP contribution in [0.1, 0.15) is 11.1 Å². The first-order valence-electron chi connectivity index (χ1n) is 19.5. The van der Waals surface area contributed by atoms with Crippen molar-refractivity contribution < 1.29 is 76.4 Å². The van der Waals surface area contributed by atoms with Crippen LogP contribution in [0.25, 0.3) is 11.1 Å². The van der Waals surface area contributed by atoms with Gasteiger partial charge in [0.15, 0.2) is 0 Å². The van der Waals surface area contributed by atoms with Gasteiger partial charge in [0, 0.05) is 10.5 Å². The first-order valence-corrected chi connectivity index (χ1v) is 26.5. The highest BCUT2D eigenvalue weighted by Crippen LogP contribution is 2.36. The number of ether oxygens (including phenoxy) is 4. The maximum Gasteiger partial charge on any atom is 0.298 e. The molecule has 68 heavy (non-hydrogen) atoms. The van der Waals surface area contributed by atoms with E-state index in [2.05, 4.69) is 9.37 Å². The number of hydrogen-bond acceptors (Lipinski definition) is 16. The summed E-state index contributed by atoms with van der Waals surface area (Å²) in [5.74, 6) is 1.90. The number of rotatable bonds is 17. The minimum atomic E-state index is -4.95. The normalized spacial score (nSPS) is 11.8. The molecule has 0 spiro atoms. The van der Waals surface area contributed by atoms with Crippen LogP contribution in [-0.4, -0.2) is 61.4 Å². The molecule has 7 rings (SSSR count). The van der Waals surface area contributed by atoms with Gasteiger partial charge in [-0.2, -0.15) is 16.8 Å². The van der Waals surface area contributed by atoms with Crippen LogP contribution in [0.3, 0.4) is 0 Å². The molecule has 0 fully saturated rings. The summed E-state index contributed by atoms with van der Waals surface area (Å²) in [6, 6.07) is 40.6. The summed E-state index contributed by atoms with van der Waals surface area (Å²) in [5.41, 5.74) is 3.16. The molecule has 0 radical (unpaired) electrons. The molecular formula is C46H40O17S5. The number of sulfone groups is 2. The van der Waals surface area contributed by atoms with Gasteiger partial charge in [0.05, 0.1) is 45.0 Å². The smallest absolute Gasteiger partial charge is 0.298 e. The summed E-state index contributed by atoms with van der Waals surface area (Å²) >= 11 is 0.508. The van der Waals surface area contributed by atoms with Crippen LogP contribution < -0.4 is 18.9 Å². The molecule has 0 bridgehead atoms. The summed E-state index contributed by atoms with van der Waals surface area (Å²) < 4.78 is 142. The summed E-state index contributed by atoms with van der Waals surface area (Å²) in [4.78, 5) is -0.954. The second kappa shape index (κ2) is 21.8. The standard InChI is InChI=1S/C45H36O14S4.CH4O3S/c1-30-3-20-39(21-4-30)61(47,48)40-23-18-37(19-24-40)56-36-12-7-32(8-13-36)31-5-10-35(11-6-31)55-29-33-9-22-41(27-44(33)60-59-58-46)62(49,50)42-25-26-43(45(28-42)63(51,52)53)57-38-16-14-34(54-2)15-17-38;1-5(2,3)4/h3-28,46H,29H2,1-2H3,(H,51,52,53);1H3,(H,2,3,4). The van der Waals surface area contributed by atoms with E-state index in [1.54, 1.807) is 72.8 Å². The van der Waals surface area contributed by atoms with Crippen molar-refractivity contribution in [3.05, 3.63) is 169 Å². The Morgan fingerprint density at radius 3 is 1.47 bits per heavy atom. The van der Waals surface area contributed by atoms with Gasteiger partial charge >= 0.3 is 0 Å². The lowest BCUT2D eigenvalue weighted by atomic mass is 10.1. The summed E-state index contributed by atoms with van der Waals surface area (Å²) in [6.07, 6.45) is 0.715. The second-order valence-electron chi connectivity index (χ2n) is 14.3. The van der Waals surface area contributed by atoms with Crippen molar-refractivity contribution in [3.8, 4) is 45.6 Å². The summed E-state index contributed by atoms with van der Waals surface area (Å²) in [7, 11) is -15.2. The number of hydrogen-bond donors (Lipinski definition) is 3. The van der Waals surface area contributed by atoms with Crippen LogP contribution in [-0.2, 0) is 55.9 Å². The quantitative estimate of drug-likeness (QED) is 0.0332. The SMILES string of the molecule is COc1ccc(Oc2ccc(S(=O)(=O)c3ccc(COc4ccc(-c5ccc(Oc6ccc(S(=O)(=O)c7ccc(C)cc7)cc6)cc5)cc4)c(SOOO)c3)cc2S(=O)(=O)O)cc1.CS(=O)(=O)O. The van der Waals surface area contributed by atoms with Crippen molar-refractivity contribution in [1.29, 1.82) is 0 Å². The van der Waals surface area contributed by atoms with Gasteiger partial charge in [-0.1, -0.05) is 53.1 Å². The molecule has 0 aliphatic rings. The van der Waals surface area contributed by atoms with Crippen LogP contribution in [0.2, 0.25) is 0 Å². The lowest BCUT2D eigenvalue weighted by molar-refractivity contribution is -0.432. The maximum atomic E-state index is 13.8. The van der Waals surface area contributed by atoms with Crippen LogP contribution >= 0.6 is 12.0 Å². The van der Waals surface area contributed by atoms with E-state index in [9.17, 15) is 38.2 Å². The molecule has 0 aliphatic carbocycles. The third-order valence-electron chi connectivity index (χ3n) is 9.43. The maximum absolute atomic E-state index is 13.8. The topological polar surface area (TPSA) is 253 Å². The van der Waals surface area contributed by atoms with Crippen molar-refractivity contribution in [2.75, 3.05) is 13.4 Å². The highest BCUT2D eigenvalue weighted by molar-refractivity contribution is 7.94. The first-order chi connectivity index (χ1) is 32.1. The molecule has 0 saturated carbocycles. The predicted molar refractivity (Wildman–Crippen MR) is 249 cm³/mol. The van der Waals surface area contributed by atoms with Crippen molar-refractivity contribution in [1.82, 2.24) is 0 Å². The fourth-order valence-electron chi connectivity index (χ4n) is 6.10. The zero-order valence-electron chi connectivity index (χ0n) is 35.8. The van der Waals surface area contributed by atoms with E-state index >= 15 is 0 Å². The lowest BCUT2D eigenvalue weighted by Crippen LogP contribution is -2.07. The third kappa shape index (κ3) is 13.7. The fourth-order valence-corrected chi connectivity index (χ4v) is 9.97. The van der Waals surface area contributed by atoms with E-state index in [1.807, 2.05) is 31.2 Å². The van der Waals surface area contributed by atoms with Crippen molar-refractivity contribution in [2.24, 2.45) is 0 Å². The van der Waals surface area contributed by atoms with Crippen LogP contribution in [0.4, 0.5) is 0 Å². The van der Waals surface area contributed by atoms with Crippen molar-refractivity contribution >= 4 is 52.0 Å². The molecule has 17 nitrogen and oxygen atoms in total. The van der Waals surface area contributed by atoms with Crippen molar-refractivity contribution in [3.63, 3.8) is 0 Å². The number of aryl methyl sites for hydroxylation is 1. The van der Waals surface area contributed by atoms with E-state index in [-0.39, 0.29) is 37.7 Å². The Labute approximate surface area is 396 Å². The molecule has 3 N–H and O–H groups in total. The third-order valence-corrected chi connectivity index (χ3v) is 14.5. The monoisotopic (exact) mass is 1020 g/mol. The molecule has 7 aromatic rings. The van der Waals surface area contributed by atoms with Crippen molar-refractivity contribution in [2.45, 2.75) is 42.9 Å². The molecule has 0 saturated heterocycles.